The molecular weight excluding hydrogens is 392 g/mol. The Morgan fingerprint density at radius 1 is 1.26 bits per heavy atom. The lowest BCUT2D eigenvalue weighted by Crippen LogP contribution is -2.35. The lowest BCUT2D eigenvalue weighted by atomic mass is 9.85. The van der Waals surface area contributed by atoms with Gasteiger partial charge in [0.05, 0.1) is 12.8 Å². The van der Waals surface area contributed by atoms with Crippen LogP contribution in [0.25, 0.3) is 5.65 Å². The summed E-state index contributed by atoms with van der Waals surface area (Å²) < 4.78 is 8.87. The molecular formula is C23H32N6O2. The van der Waals surface area contributed by atoms with E-state index < -0.39 is 0 Å². The first kappa shape index (κ1) is 21.4. The van der Waals surface area contributed by atoms with Gasteiger partial charge in [0.2, 0.25) is 0 Å². The Morgan fingerprint density at radius 2 is 2.10 bits per heavy atom. The average molecular weight is 425 g/mol. The standard InChI is InChI=1S/C23H32N6O2/c1-4-17-14-25-29-21(24-13-16-9-10-28(2)22(30)11-16)12-20(27-23(17)29)26-19-8-6-5-7-18(19)15-31-3/h9-12,14,18-19,24H,4-8,13,15H2,1-3H3,(H,26,27)/t18-,19-/m0/s1. The molecule has 0 bridgehead atoms. The molecule has 0 amide bonds. The number of methoxy groups -OCH3 is 1. The molecule has 2 atom stereocenters. The number of fused-ring (bicyclic) bond motifs is 1. The summed E-state index contributed by atoms with van der Waals surface area (Å²) in [6, 6.07) is 5.97. The van der Waals surface area contributed by atoms with Gasteiger partial charge in [-0.25, -0.2) is 4.98 Å². The molecule has 0 unspecified atom stereocenters. The van der Waals surface area contributed by atoms with Gasteiger partial charge in [0, 0.05) is 56.6 Å². The predicted octanol–water partition coefficient (Wildman–Crippen LogP) is 3.22. The van der Waals surface area contributed by atoms with Crippen molar-refractivity contribution in [3.8, 4) is 0 Å². The third-order valence-corrected chi connectivity index (χ3v) is 6.19. The maximum absolute atomic E-state index is 12.0. The minimum Gasteiger partial charge on any atom is -0.384 e. The number of hydrogen-bond acceptors (Lipinski definition) is 6. The number of aromatic nitrogens is 4. The highest BCUT2D eigenvalue weighted by molar-refractivity contribution is 5.60. The molecule has 31 heavy (non-hydrogen) atoms. The van der Waals surface area contributed by atoms with Crippen molar-refractivity contribution < 1.29 is 4.74 Å². The van der Waals surface area contributed by atoms with E-state index in [1.807, 2.05) is 22.8 Å². The molecule has 0 aromatic carbocycles. The number of pyridine rings is 1. The van der Waals surface area contributed by atoms with Crippen molar-refractivity contribution in [1.82, 2.24) is 19.2 Å². The number of rotatable bonds is 8. The second-order valence-corrected chi connectivity index (χ2v) is 8.37. The van der Waals surface area contributed by atoms with Crippen LogP contribution in [-0.4, -0.2) is 38.9 Å². The first-order valence-electron chi connectivity index (χ1n) is 11.1. The van der Waals surface area contributed by atoms with Gasteiger partial charge < -0.3 is 19.9 Å². The summed E-state index contributed by atoms with van der Waals surface area (Å²) in [5, 5.41) is 11.7. The predicted molar refractivity (Wildman–Crippen MR) is 123 cm³/mol. The van der Waals surface area contributed by atoms with Crippen molar-refractivity contribution >= 4 is 17.3 Å². The van der Waals surface area contributed by atoms with Gasteiger partial charge in [0.25, 0.3) is 5.56 Å². The molecule has 3 aromatic rings. The van der Waals surface area contributed by atoms with Gasteiger partial charge in [-0.1, -0.05) is 19.8 Å². The minimum atomic E-state index is -0.0182. The molecule has 0 aliphatic heterocycles. The normalized spacial score (nSPS) is 18.9. The molecule has 1 aliphatic rings. The highest BCUT2D eigenvalue weighted by Gasteiger charge is 2.25. The molecule has 8 heteroatoms. The van der Waals surface area contributed by atoms with Crippen molar-refractivity contribution in [3.63, 3.8) is 0 Å². The zero-order valence-electron chi connectivity index (χ0n) is 18.6. The lowest BCUT2D eigenvalue weighted by molar-refractivity contribution is 0.124. The smallest absolute Gasteiger partial charge is 0.250 e. The fourth-order valence-electron chi connectivity index (χ4n) is 4.35. The lowest BCUT2D eigenvalue weighted by Gasteiger charge is -2.32. The van der Waals surface area contributed by atoms with Crippen LogP contribution in [-0.2, 0) is 24.8 Å². The van der Waals surface area contributed by atoms with Crippen LogP contribution in [0.1, 0.15) is 43.7 Å². The van der Waals surface area contributed by atoms with Crippen LogP contribution in [0.3, 0.4) is 0 Å². The molecule has 0 spiro atoms. The number of ether oxygens (including phenoxy) is 1. The number of hydrogen-bond donors (Lipinski definition) is 2. The number of nitrogens with zero attached hydrogens (tertiary/aromatic N) is 4. The quantitative estimate of drug-likeness (QED) is 0.578. The summed E-state index contributed by atoms with van der Waals surface area (Å²) >= 11 is 0. The van der Waals surface area contributed by atoms with Crippen LogP contribution in [0.15, 0.2) is 35.4 Å². The topological polar surface area (TPSA) is 85.5 Å². The Hall–Kier alpha value is -2.87. The Balaban J connectivity index is 1.61. The maximum atomic E-state index is 12.0. The summed E-state index contributed by atoms with van der Waals surface area (Å²) in [5.74, 6) is 2.19. The number of nitrogens with one attached hydrogen (secondary N) is 2. The van der Waals surface area contributed by atoms with E-state index >= 15 is 0 Å². The largest absolute Gasteiger partial charge is 0.384 e. The summed E-state index contributed by atoms with van der Waals surface area (Å²) in [6.45, 7) is 3.41. The zero-order valence-corrected chi connectivity index (χ0v) is 18.6. The van der Waals surface area contributed by atoms with Gasteiger partial charge in [-0.05, 0) is 30.9 Å². The molecule has 0 saturated heterocycles. The van der Waals surface area contributed by atoms with Gasteiger partial charge in [-0.15, -0.1) is 0 Å². The molecule has 3 aromatic heterocycles. The number of aryl methyl sites for hydroxylation is 2. The molecule has 2 N–H and O–H groups in total. The Morgan fingerprint density at radius 3 is 2.87 bits per heavy atom. The average Bonchev–Trinajstić information content (AvgIpc) is 3.19. The molecule has 1 aliphatic carbocycles. The maximum Gasteiger partial charge on any atom is 0.250 e. The first-order valence-corrected chi connectivity index (χ1v) is 11.1. The molecule has 8 nitrogen and oxygen atoms in total. The van der Waals surface area contributed by atoms with Crippen LogP contribution in [0.5, 0.6) is 0 Å². The summed E-state index contributed by atoms with van der Waals surface area (Å²) in [6.07, 6.45) is 9.31. The Labute approximate surface area is 182 Å². The third kappa shape index (κ3) is 4.74. The van der Waals surface area contributed by atoms with Crippen molar-refractivity contribution in [2.75, 3.05) is 24.4 Å². The highest BCUT2D eigenvalue weighted by atomic mass is 16.5. The van der Waals surface area contributed by atoms with Crippen LogP contribution in [0.4, 0.5) is 11.6 Å². The van der Waals surface area contributed by atoms with E-state index in [9.17, 15) is 4.79 Å². The number of anilines is 2. The van der Waals surface area contributed by atoms with E-state index in [1.54, 1.807) is 31.0 Å². The molecule has 1 saturated carbocycles. The fourth-order valence-corrected chi connectivity index (χ4v) is 4.35. The van der Waals surface area contributed by atoms with E-state index in [4.69, 9.17) is 9.72 Å². The van der Waals surface area contributed by atoms with Crippen LogP contribution >= 0.6 is 0 Å². The van der Waals surface area contributed by atoms with Crippen LogP contribution in [0.2, 0.25) is 0 Å². The highest BCUT2D eigenvalue weighted by Crippen LogP contribution is 2.28. The van der Waals surface area contributed by atoms with Crippen LogP contribution < -0.4 is 16.2 Å². The van der Waals surface area contributed by atoms with E-state index in [1.165, 1.54) is 19.3 Å². The monoisotopic (exact) mass is 424 g/mol. The Bertz CT molecular complexity index is 1090. The van der Waals surface area contributed by atoms with E-state index in [0.29, 0.717) is 18.5 Å². The van der Waals surface area contributed by atoms with Crippen molar-refractivity contribution in [1.29, 1.82) is 0 Å². The molecule has 4 rings (SSSR count). The second-order valence-electron chi connectivity index (χ2n) is 8.37. The molecule has 166 valence electrons. The summed E-state index contributed by atoms with van der Waals surface area (Å²) in [4.78, 5) is 16.8. The summed E-state index contributed by atoms with van der Waals surface area (Å²) in [7, 11) is 3.52. The minimum absolute atomic E-state index is 0.0182. The SMILES string of the molecule is CCc1cnn2c(NCc3ccn(C)c(=O)c3)cc(N[C@H]3CCCC[C@H]3COC)nc12. The van der Waals surface area contributed by atoms with Gasteiger partial charge >= 0.3 is 0 Å². The first-order chi connectivity index (χ1) is 15.1. The zero-order chi connectivity index (χ0) is 21.8. The van der Waals surface area contributed by atoms with Crippen molar-refractivity contribution in [2.24, 2.45) is 13.0 Å². The summed E-state index contributed by atoms with van der Waals surface area (Å²) in [5.41, 5.74) is 2.88. The molecule has 0 radical (unpaired) electrons. The van der Waals surface area contributed by atoms with Crippen molar-refractivity contribution in [3.05, 3.63) is 52.1 Å². The van der Waals surface area contributed by atoms with E-state index in [0.717, 1.165) is 47.9 Å². The van der Waals surface area contributed by atoms with Crippen LogP contribution in [0, 0.1) is 5.92 Å². The molecule has 1 fully saturated rings. The van der Waals surface area contributed by atoms with Gasteiger partial charge in [0.15, 0.2) is 5.65 Å². The van der Waals surface area contributed by atoms with Crippen molar-refractivity contribution in [2.45, 2.75) is 51.6 Å². The van der Waals surface area contributed by atoms with Gasteiger partial charge in [-0.2, -0.15) is 9.61 Å². The third-order valence-electron chi connectivity index (χ3n) is 6.19. The second kappa shape index (κ2) is 9.51. The van der Waals surface area contributed by atoms with Gasteiger partial charge in [0.1, 0.15) is 11.6 Å². The fraction of sp³-hybridized carbons (Fsp3) is 0.522. The van der Waals surface area contributed by atoms with E-state index in [2.05, 4.69) is 22.7 Å². The molecule has 3 heterocycles. The Kier molecular flexibility index (Phi) is 6.56. The van der Waals surface area contributed by atoms with E-state index in [-0.39, 0.29) is 5.56 Å². The van der Waals surface area contributed by atoms with Gasteiger partial charge in [-0.3, -0.25) is 4.79 Å².